The molecule has 0 aromatic carbocycles. The van der Waals surface area contributed by atoms with Crippen LogP contribution in [0.4, 0.5) is 4.79 Å². The zero-order valence-electron chi connectivity index (χ0n) is 12.0. The second kappa shape index (κ2) is 5.81. The molecule has 110 valence electrons. The van der Waals surface area contributed by atoms with Gasteiger partial charge >= 0.3 is 6.09 Å². The van der Waals surface area contributed by atoms with Gasteiger partial charge in [-0.1, -0.05) is 19.6 Å². The third-order valence-electron chi connectivity index (χ3n) is 3.97. The number of aliphatic hydroxyl groups is 1. The maximum atomic E-state index is 11.7. The van der Waals surface area contributed by atoms with Gasteiger partial charge in [-0.2, -0.15) is 0 Å². The van der Waals surface area contributed by atoms with E-state index in [4.69, 9.17) is 14.6 Å². The highest BCUT2D eigenvalue weighted by Crippen LogP contribution is 2.38. The molecule has 2 aliphatic heterocycles. The van der Waals surface area contributed by atoms with E-state index < -0.39 is 8.07 Å². The molecular weight excluding hydrogens is 262 g/mol. The quantitative estimate of drug-likeness (QED) is 0.754. The van der Waals surface area contributed by atoms with Gasteiger partial charge < -0.3 is 19.9 Å². The van der Waals surface area contributed by atoms with Crippen LogP contribution in [-0.2, 0) is 9.47 Å². The molecule has 0 saturated carbocycles. The highest BCUT2D eigenvalue weighted by molar-refractivity contribution is 6.76. The fourth-order valence-corrected chi connectivity index (χ4v) is 3.45. The van der Waals surface area contributed by atoms with Crippen LogP contribution in [0.3, 0.4) is 0 Å². The van der Waals surface area contributed by atoms with Crippen LogP contribution in [0, 0.1) is 5.92 Å². The minimum Gasteiger partial charge on any atom is -0.450 e. The Kier molecular flexibility index (Phi) is 4.53. The first-order valence-electron chi connectivity index (χ1n) is 7.08. The van der Waals surface area contributed by atoms with Gasteiger partial charge in [-0.3, -0.25) is 0 Å². The first kappa shape index (κ1) is 14.8. The number of aliphatic hydroxyl groups excluding tert-OH is 1. The standard InChI is InChI=1S/C13H25NO4Si/c1-19(2,3)5-4-17-13(16)14-10-7-11-9(8-15)6-12(10)18-11/h9-12,15H,4-8H2,1-3H3,(H,14,16). The lowest BCUT2D eigenvalue weighted by atomic mass is 9.87. The number of hydrogen-bond donors (Lipinski definition) is 2. The SMILES string of the molecule is C[Si](C)(C)CCOC(=O)NC1CC2OC1CC2CO. The van der Waals surface area contributed by atoms with Gasteiger partial charge in [0.25, 0.3) is 0 Å². The number of fused-ring (bicyclic) bond motifs is 2. The molecule has 2 rings (SSSR count). The number of alkyl carbamates (subject to hydrolysis) is 1. The number of rotatable bonds is 5. The van der Waals surface area contributed by atoms with Crippen LogP contribution in [0.2, 0.25) is 25.7 Å². The number of amides is 1. The Balaban J connectivity index is 1.68. The predicted octanol–water partition coefficient (Wildman–Crippen LogP) is 1.59. The third kappa shape index (κ3) is 3.93. The van der Waals surface area contributed by atoms with Crippen molar-refractivity contribution in [3.05, 3.63) is 0 Å². The Labute approximate surface area is 115 Å². The smallest absolute Gasteiger partial charge is 0.407 e. The van der Waals surface area contributed by atoms with Crippen molar-refractivity contribution in [2.24, 2.45) is 5.92 Å². The molecule has 2 aliphatic rings. The van der Waals surface area contributed by atoms with Crippen molar-refractivity contribution in [3.63, 3.8) is 0 Å². The zero-order chi connectivity index (χ0) is 14.0. The van der Waals surface area contributed by atoms with Crippen LogP contribution in [-0.4, -0.2) is 50.7 Å². The van der Waals surface area contributed by atoms with Gasteiger partial charge in [0.15, 0.2) is 0 Å². The van der Waals surface area contributed by atoms with Gasteiger partial charge in [0, 0.05) is 20.6 Å². The largest absolute Gasteiger partial charge is 0.450 e. The van der Waals surface area contributed by atoms with Gasteiger partial charge in [-0.25, -0.2) is 4.79 Å². The second-order valence-electron chi connectivity index (χ2n) is 6.82. The van der Waals surface area contributed by atoms with Gasteiger partial charge in [0.05, 0.1) is 24.9 Å². The van der Waals surface area contributed by atoms with Gasteiger partial charge in [-0.05, 0) is 18.9 Å². The van der Waals surface area contributed by atoms with Crippen LogP contribution in [0.25, 0.3) is 0 Å². The Bertz CT molecular complexity index is 331. The molecule has 0 aromatic rings. The first-order chi connectivity index (χ1) is 8.89. The van der Waals surface area contributed by atoms with Gasteiger partial charge in [-0.15, -0.1) is 0 Å². The molecule has 19 heavy (non-hydrogen) atoms. The van der Waals surface area contributed by atoms with Crippen LogP contribution >= 0.6 is 0 Å². The van der Waals surface area contributed by atoms with Crippen molar-refractivity contribution in [1.29, 1.82) is 0 Å². The van der Waals surface area contributed by atoms with Crippen LogP contribution in [0.1, 0.15) is 12.8 Å². The molecule has 6 heteroatoms. The van der Waals surface area contributed by atoms with Crippen LogP contribution < -0.4 is 5.32 Å². The summed E-state index contributed by atoms with van der Waals surface area (Å²) in [6, 6.07) is 1.03. The number of carbonyl (C=O) groups excluding carboxylic acids is 1. The minimum absolute atomic E-state index is 0.0479. The molecule has 2 bridgehead atoms. The molecule has 2 heterocycles. The summed E-state index contributed by atoms with van der Waals surface area (Å²) in [4.78, 5) is 11.7. The van der Waals surface area contributed by atoms with E-state index in [2.05, 4.69) is 25.0 Å². The average molecular weight is 287 g/mol. The zero-order valence-corrected chi connectivity index (χ0v) is 13.0. The van der Waals surface area contributed by atoms with E-state index in [9.17, 15) is 4.79 Å². The van der Waals surface area contributed by atoms with Crippen molar-refractivity contribution in [1.82, 2.24) is 5.32 Å². The third-order valence-corrected chi connectivity index (χ3v) is 5.67. The number of nitrogens with one attached hydrogen (secondary N) is 1. The molecule has 2 fully saturated rings. The van der Waals surface area contributed by atoms with Crippen molar-refractivity contribution >= 4 is 14.2 Å². The molecule has 0 aliphatic carbocycles. The van der Waals surface area contributed by atoms with Crippen molar-refractivity contribution in [2.45, 2.75) is 56.8 Å². The Morgan fingerprint density at radius 1 is 1.37 bits per heavy atom. The van der Waals surface area contributed by atoms with E-state index in [1.807, 2.05) is 0 Å². The lowest BCUT2D eigenvalue weighted by molar-refractivity contribution is 0.0760. The maximum Gasteiger partial charge on any atom is 0.407 e. The Morgan fingerprint density at radius 3 is 2.63 bits per heavy atom. The molecule has 2 saturated heterocycles. The Morgan fingerprint density at radius 2 is 2.11 bits per heavy atom. The van der Waals surface area contributed by atoms with E-state index in [1.165, 1.54) is 0 Å². The van der Waals surface area contributed by atoms with Crippen molar-refractivity contribution in [2.75, 3.05) is 13.2 Å². The van der Waals surface area contributed by atoms with Gasteiger partial charge in [0.2, 0.25) is 0 Å². The van der Waals surface area contributed by atoms with Crippen LogP contribution in [0.5, 0.6) is 0 Å². The number of ether oxygens (including phenoxy) is 2. The minimum atomic E-state index is -1.15. The van der Waals surface area contributed by atoms with Crippen molar-refractivity contribution in [3.8, 4) is 0 Å². The molecule has 4 atom stereocenters. The predicted molar refractivity (Wildman–Crippen MR) is 74.9 cm³/mol. The summed E-state index contributed by atoms with van der Waals surface area (Å²) in [5.41, 5.74) is 0. The number of carbonyl (C=O) groups is 1. The van der Waals surface area contributed by atoms with Crippen molar-refractivity contribution < 1.29 is 19.4 Å². The molecule has 4 unspecified atom stereocenters. The normalized spacial score (nSPS) is 33.5. The molecule has 0 aromatic heterocycles. The molecule has 1 amide bonds. The van der Waals surface area contributed by atoms with E-state index in [0.29, 0.717) is 6.61 Å². The van der Waals surface area contributed by atoms with Gasteiger partial charge in [0.1, 0.15) is 0 Å². The molecule has 2 N–H and O–H groups in total. The van der Waals surface area contributed by atoms with Crippen LogP contribution in [0.15, 0.2) is 0 Å². The summed E-state index contributed by atoms with van der Waals surface area (Å²) in [6.45, 7) is 7.45. The fraction of sp³-hybridized carbons (Fsp3) is 0.923. The molecule has 0 radical (unpaired) electrons. The summed E-state index contributed by atoms with van der Waals surface area (Å²) < 4.78 is 10.9. The van der Waals surface area contributed by atoms with E-state index >= 15 is 0 Å². The van der Waals surface area contributed by atoms with E-state index in [0.717, 1.165) is 18.9 Å². The monoisotopic (exact) mass is 287 g/mol. The fourth-order valence-electron chi connectivity index (χ4n) is 2.74. The summed E-state index contributed by atoms with van der Waals surface area (Å²) >= 11 is 0. The molecule has 0 spiro atoms. The topological polar surface area (TPSA) is 67.8 Å². The molecular formula is C13H25NO4Si. The summed E-state index contributed by atoms with van der Waals surface area (Å²) in [5, 5.41) is 12.0. The lowest BCUT2D eigenvalue weighted by Crippen LogP contribution is -2.43. The van der Waals surface area contributed by atoms with E-state index in [-0.39, 0.29) is 36.9 Å². The first-order valence-corrected chi connectivity index (χ1v) is 10.8. The lowest BCUT2D eigenvalue weighted by Gasteiger charge is -2.24. The maximum absolute atomic E-state index is 11.7. The Hall–Kier alpha value is -0.593. The summed E-state index contributed by atoms with van der Waals surface area (Å²) in [6.07, 6.45) is 1.44. The second-order valence-corrected chi connectivity index (χ2v) is 12.4. The highest BCUT2D eigenvalue weighted by Gasteiger charge is 2.47. The summed E-state index contributed by atoms with van der Waals surface area (Å²) in [7, 11) is -1.15. The van der Waals surface area contributed by atoms with E-state index in [1.54, 1.807) is 0 Å². The number of hydrogen-bond acceptors (Lipinski definition) is 4. The molecule has 5 nitrogen and oxygen atoms in total. The summed E-state index contributed by atoms with van der Waals surface area (Å²) in [5.74, 6) is 0.242. The average Bonchev–Trinajstić information content (AvgIpc) is 2.85. The highest BCUT2D eigenvalue weighted by atomic mass is 28.3.